The Morgan fingerprint density at radius 1 is 1.19 bits per heavy atom. The molecule has 6 heteroatoms. The van der Waals surface area contributed by atoms with Gasteiger partial charge in [-0.1, -0.05) is 23.9 Å². The van der Waals surface area contributed by atoms with E-state index >= 15 is 0 Å². The molecule has 0 bridgehead atoms. The lowest BCUT2D eigenvalue weighted by atomic mass is 10.1. The molecule has 2 heterocycles. The molecule has 0 saturated carbocycles. The molecule has 0 unspecified atom stereocenters. The molecule has 0 spiro atoms. The Hall–Kier alpha value is -2.34. The first kappa shape index (κ1) is 13.6. The summed E-state index contributed by atoms with van der Waals surface area (Å²) in [6, 6.07) is 7.25. The van der Waals surface area contributed by atoms with Gasteiger partial charge in [0.15, 0.2) is 5.78 Å². The van der Waals surface area contributed by atoms with Gasteiger partial charge in [-0.25, -0.2) is 0 Å². The number of anilines is 1. The van der Waals surface area contributed by atoms with Crippen molar-refractivity contribution in [1.29, 1.82) is 0 Å². The second kappa shape index (κ2) is 4.89. The van der Waals surface area contributed by atoms with Crippen LogP contribution in [0.4, 0.5) is 5.69 Å². The fraction of sp³-hybridized carbons (Fsp3) is 0.133. The van der Waals surface area contributed by atoms with Crippen molar-refractivity contribution in [2.45, 2.75) is 23.6 Å². The molecular weight excluding hydrogens is 288 g/mol. The number of hydrogen-bond donors (Lipinski definition) is 2. The molecule has 1 aromatic heterocycles. The average Bonchev–Trinajstić information content (AvgIpc) is 2.53. The largest absolute Gasteiger partial charge is 0.325 e. The predicted molar refractivity (Wildman–Crippen MR) is 80.3 cm³/mol. The molecule has 3 rings (SSSR count). The summed E-state index contributed by atoms with van der Waals surface area (Å²) in [7, 11) is 0. The maximum Gasteiger partial charge on any atom is 0.262 e. The molecule has 106 valence electrons. The van der Waals surface area contributed by atoms with E-state index in [1.165, 1.54) is 18.7 Å². The van der Waals surface area contributed by atoms with E-state index in [0.717, 1.165) is 4.90 Å². The predicted octanol–water partition coefficient (Wildman–Crippen LogP) is 2.60. The van der Waals surface area contributed by atoms with Crippen LogP contribution in [-0.4, -0.2) is 16.7 Å². The van der Waals surface area contributed by atoms with E-state index in [2.05, 4.69) is 10.3 Å². The summed E-state index contributed by atoms with van der Waals surface area (Å²) in [4.78, 5) is 40.2. The van der Waals surface area contributed by atoms with Crippen LogP contribution in [0.15, 0.2) is 38.9 Å². The number of aromatic nitrogens is 1. The van der Waals surface area contributed by atoms with Crippen LogP contribution < -0.4 is 10.9 Å². The normalized spacial score (nSPS) is 13.0. The van der Waals surface area contributed by atoms with E-state index < -0.39 is 11.5 Å². The Morgan fingerprint density at radius 3 is 2.62 bits per heavy atom. The number of carbonyl (C=O) groups is 2. The van der Waals surface area contributed by atoms with Crippen molar-refractivity contribution in [3.63, 3.8) is 0 Å². The summed E-state index contributed by atoms with van der Waals surface area (Å²) in [6.45, 7) is 3.09. The van der Waals surface area contributed by atoms with Crippen LogP contribution in [0.2, 0.25) is 0 Å². The summed E-state index contributed by atoms with van der Waals surface area (Å²) in [6.07, 6.45) is 0. The van der Waals surface area contributed by atoms with Gasteiger partial charge in [0.2, 0.25) is 0 Å². The lowest BCUT2D eigenvalue weighted by Gasteiger charge is -2.10. The molecule has 0 saturated heterocycles. The van der Waals surface area contributed by atoms with Crippen LogP contribution in [0.5, 0.6) is 0 Å². The van der Waals surface area contributed by atoms with Crippen molar-refractivity contribution in [3.05, 3.63) is 51.4 Å². The molecule has 2 N–H and O–H groups in total. The van der Waals surface area contributed by atoms with Gasteiger partial charge < -0.3 is 10.3 Å². The molecule has 0 aliphatic carbocycles. The molecule has 0 fully saturated rings. The summed E-state index contributed by atoms with van der Waals surface area (Å²) in [5, 5.41) is 2.71. The first-order valence-corrected chi connectivity index (χ1v) is 7.16. The number of hydrogen-bond acceptors (Lipinski definition) is 4. The second-order valence-electron chi connectivity index (χ2n) is 4.77. The van der Waals surface area contributed by atoms with E-state index in [1.54, 1.807) is 19.1 Å². The lowest BCUT2D eigenvalue weighted by molar-refractivity contribution is 0.101. The molecule has 0 atom stereocenters. The second-order valence-corrected chi connectivity index (χ2v) is 5.82. The highest BCUT2D eigenvalue weighted by molar-refractivity contribution is 7.99. The number of carbonyl (C=O) groups excluding carboxylic acids is 2. The van der Waals surface area contributed by atoms with Gasteiger partial charge in [0.1, 0.15) is 5.56 Å². The van der Waals surface area contributed by atoms with Gasteiger partial charge in [0, 0.05) is 15.5 Å². The third-order valence-electron chi connectivity index (χ3n) is 3.28. The fourth-order valence-electron chi connectivity index (χ4n) is 2.38. The molecular formula is C15H12N2O3S. The Bertz CT molecular complexity index is 839. The van der Waals surface area contributed by atoms with E-state index in [0.29, 0.717) is 21.8 Å². The van der Waals surface area contributed by atoms with Crippen LogP contribution >= 0.6 is 11.8 Å². The van der Waals surface area contributed by atoms with Gasteiger partial charge in [-0.15, -0.1) is 0 Å². The van der Waals surface area contributed by atoms with Crippen molar-refractivity contribution >= 4 is 29.1 Å². The number of amides is 1. The Morgan fingerprint density at radius 2 is 1.90 bits per heavy atom. The smallest absolute Gasteiger partial charge is 0.262 e. The van der Waals surface area contributed by atoms with E-state index in [9.17, 15) is 14.4 Å². The molecule has 5 nitrogen and oxygen atoms in total. The monoisotopic (exact) mass is 300 g/mol. The number of Topliss-reactive ketones (excluding diaryl/α,β-unsaturated/α-hetero) is 1. The number of H-pyrrole nitrogens is 1. The fourth-order valence-corrected chi connectivity index (χ4v) is 3.66. The average molecular weight is 300 g/mol. The van der Waals surface area contributed by atoms with Crippen molar-refractivity contribution in [2.24, 2.45) is 0 Å². The minimum atomic E-state index is -0.494. The van der Waals surface area contributed by atoms with Crippen LogP contribution in [-0.2, 0) is 0 Å². The van der Waals surface area contributed by atoms with Crippen molar-refractivity contribution < 1.29 is 9.59 Å². The third-order valence-corrected chi connectivity index (χ3v) is 4.47. The number of rotatable bonds is 1. The number of pyridine rings is 1. The highest BCUT2D eigenvalue weighted by atomic mass is 32.2. The topological polar surface area (TPSA) is 79.0 Å². The number of nitrogens with one attached hydrogen (secondary N) is 2. The number of aromatic amines is 1. The van der Waals surface area contributed by atoms with Crippen molar-refractivity contribution in [1.82, 2.24) is 4.98 Å². The van der Waals surface area contributed by atoms with Gasteiger partial charge >= 0.3 is 0 Å². The Kier molecular flexibility index (Phi) is 3.17. The molecule has 2 aromatic rings. The maximum absolute atomic E-state index is 12.3. The highest BCUT2D eigenvalue weighted by Crippen LogP contribution is 2.39. The van der Waals surface area contributed by atoms with E-state index in [4.69, 9.17) is 0 Å². The molecule has 21 heavy (non-hydrogen) atoms. The van der Waals surface area contributed by atoms with Gasteiger partial charge in [0.25, 0.3) is 11.5 Å². The molecule has 1 aromatic carbocycles. The molecule has 0 radical (unpaired) electrons. The SMILES string of the molecule is CC(=O)c1c(C)[nH]c(=O)c2c1Sc1ccccc1NC2=O. The zero-order valence-corrected chi connectivity index (χ0v) is 12.3. The first-order chi connectivity index (χ1) is 9.99. The number of fused-ring (bicyclic) bond motifs is 2. The number of aryl methyl sites for hydroxylation is 1. The zero-order valence-electron chi connectivity index (χ0n) is 11.4. The lowest BCUT2D eigenvalue weighted by Crippen LogP contribution is -2.26. The standard InChI is InChI=1S/C15H12N2O3S/c1-7-11(8(2)18)13-12(14(19)16-7)15(20)17-9-5-3-4-6-10(9)21-13/h3-6H,1-2H3,(H,16,19)(H,17,20). The number of benzene rings is 1. The summed E-state index contributed by atoms with van der Waals surface area (Å²) < 4.78 is 0. The number of ketones is 1. The van der Waals surface area contributed by atoms with E-state index in [-0.39, 0.29) is 11.3 Å². The van der Waals surface area contributed by atoms with Crippen LogP contribution in [0, 0.1) is 6.92 Å². The van der Waals surface area contributed by atoms with Crippen LogP contribution in [0.25, 0.3) is 0 Å². The van der Waals surface area contributed by atoms with Gasteiger partial charge in [-0.05, 0) is 26.0 Å². The maximum atomic E-state index is 12.3. The van der Waals surface area contributed by atoms with Crippen LogP contribution in [0.3, 0.4) is 0 Å². The summed E-state index contributed by atoms with van der Waals surface area (Å²) >= 11 is 1.27. The highest BCUT2D eigenvalue weighted by Gasteiger charge is 2.28. The molecule has 1 aliphatic rings. The van der Waals surface area contributed by atoms with Gasteiger partial charge in [0.05, 0.1) is 11.3 Å². The first-order valence-electron chi connectivity index (χ1n) is 6.35. The third kappa shape index (κ3) is 2.17. The van der Waals surface area contributed by atoms with Gasteiger partial charge in [-0.2, -0.15) is 0 Å². The minimum Gasteiger partial charge on any atom is -0.325 e. The van der Waals surface area contributed by atoms with Crippen molar-refractivity contribution in [3.8, 4) is 0 Å². The Balaban J connectivity index is 2.36. The van der Waals surface area contributed by atoms with Gasteiger partial charge in [-0.3, -0.25) is 14.4 Å². The number of para-hydroxylation sites is 1. The molecule has 1 aliphatic heterocycles. The quantitative estimate of drug-likeness (QED) is 0.793. The summed E-state index contributed by atoms with van der Waals surface area (Å²) in [5.74, 6) is -0.675. The minimum absolute atomic E-state index is 0.00741. The Labute approximate surface area is 124 Å². The van der Waals surface area contributed by atoms with Crippen LogP contribution in [0.1, 0.15) is 33.3 Å². The van der Waals surface area contributed by atoms with Crippen molar-refractivity contribution in [2.75, 3.05) is 5.32 Å². The van der Waals surface area contributed by atoms with E-state index in [1.807, 2.05) is 12.1 Å². The summed E-state index contributed by atoms with van der Waals surface area (Å²) in [5.41, 5.74) is 1.01. The zero-order chi connectivity index (χ0) is 15.1. The molecule has 1 amide bonds.